The van der Waals surface area contributed by atoms with Crippen molar-refractivity contribution in [1.29, 1.82) is 0 Å². The summed E-state index contributed by atoms with van der Waals surface area (Å²) in [4.78, 5) is 4.43. The molecule has 0 aliphatic rings. The van der Waals surface area contributed by atoms with E-state index in [1.165, 1.54) is 19.1 Å². The van der Waals surface area contributed by atoms with Crippen molar-refractivity contribution in [3.63, 3.8) is 0 Å². The summed E-state index contributed by atoms with van der Waals surface area (Å²) < 4.78 is 42.0. The fourth-order valence-electron chi connectivity index (χ4n) is 4.11. The van der Waals surface area contributed by atoms with Crippen LogP contribution in [0.25, 0.3) is 28.0 Å². The van der Waals surface area contributed by atoms with E-state index in [1.807, 2.05) is 59.2 Å². The van der Waals surface area contributed by atoms with E-state index >= 15 is 0 Å². The van der Waals surface area contributed by atoms with E-state index in [-0.39, 0.29) is 5.56 Å². The fraction of sp³-hybridized carbons (Fsp3) is 0.148. The molecule has 5 rings (SSSR count). The number of nitrogens with zero attached hydrogens (tertiary/aromatic N) is 4. The van der Waals surface area contributed by atoms with E-state index in [9.17, 15) is 13.2 Å². The molecule has 0 spiro atoms. The summed E-state index contributed by atoms with van der Waals surface area (Å²) in [6, 6.07) is 24.2. The van der Waals surface area contributed by atoms with Gasteiger partial charge in [-0.2, -0.15) is 13.2 Å². The molecule has 7 heteroatoms. The highest BCUT2D eigenvalue weighted by Crippen LogP contribution is 2.33. The summed E-state index contributed by atoms with van der Waals surface area (Å²) in [5, 5.41) is 11.0. The van der Waals surface area contributed by atoms with E-state index in [0.717, 1.165) is 16.5 Å². The van der Waals surface area contributed by atoms with Crippen LogP contribution in [0, 0.1) is 6.92 Å². The Balaban J connectivity index is 1.55. The van der Waals surface area contributed by atoms with Crippen LogP contribution in [-0.2, 0) is 19.0 Å². The highest BCUT2D eigenvalue weighted by atomic mass is 19.4. The molecule has 0 saturated heterocycles. The molecule has 0 fully saturated rings. The second-order valence-electron chi connectivity index (χ2n) is 8.17. The van der Waals surface area contributed by atoms with E-state index < -0.39 is 11.7 Å². The molecule has 34 heavy (non-hydrogen) atoms. The second-order valence-corrected chi connectivity index (χ2v) is 8.17. The average molecular weight is 458 g/mol. The van der Waals surface area contributed by atoms with Gasteiger partial charge >= 0.3 is 6.18 Å². The number of aryl methyl sites for hydroxylation is 3. The molecule has 0 N–H and O–H groups in total. The van der Waals surface area contributed by atoms with Crippen molar-refractivity contribution < 1.29 is 13.2 Å². The minimum absolute atomic E-state index is 0.216. The summed E-state index contributed by atoms with van der Waals surface area (Å²) in [5.41, 5.74) is 1.76. The first-order chi connectivity index (χ1) is 16.4. The Morgan fingerprint density at radius 2 is 1.59 bits per heavy atom. The van der Waals surface area contributed by atoms with Gasteiger partial charge in [-0.3, -0.25) is 9.55 Å². The van der Waals surface area contributed by atoms with Gasteiger partial charge in [-0.1, -0.05) is 48.5 Å². The van der Waals surface area contributed by atoms with Crippen LogP contribution in [-0.4, -0.2) is 19.7 Å². The van der Waals surface area contributed by atoms with Gasteiger partial charge < -0.3 is 0 Å². The Morgan fingerprint density at radius 1 is 0.794 bits per heavy atom. The summed E-state index contributed by atoms with van der Waals surface area (Å²) in [6.07, 6.45) is -1.86. The van der Waals surface area contributed by atoms with Gasteiger partial charge in [0.25, 0.3) is 0 Å². The van der Waals surface area contributed by atoms with Crippen LogP contribution in [0.15, 0.2) is 85.1 Å². The van der Waals surface area contributed by atoms with Crippen LogP contribution >= 0.6 is 0 Å². The summed E-state index contributed by atoms with van der Waals surface area (Å²) in [6.45, 7) is 1.47. The van der Waals surface area contributed by atoms with Crippen LogP contribution in [0.2, 0.25) is 0 Å². The minimum Gasteiger partial charge on any atom is -0.278 e. The first-order valence-electron chi connectivity index (χ1n) is 10.9. The van der Waals surface area contributed by atoms with Crippen LogP contribution in [0.1, 0.15) is 22.5 Å². The lowest BCUT2D eigenvalue weighted by Crippen LogP contribution is -2.09. The molecular weight excluding hydrogens is 437 g/mol. The maximum Gasteiger partial charge on any atom is 0.416 e. The largest absolute Gasteiger partial charge is 0.416 e. The normalized spacial score (nSPS) is 11.8. The van der Waals surface area contributed by atoms with Crippen LogP contribution < -0.4 is 0 Å². The van der Waals surface area contributed by atoms with Crippen LogP contribution in [0.5, 0.6) is 0 Å². The molecule has 0 aliphatic heterocycles. The second kappa shape index (κ2) is 8.74. The van der Waals surface area contributed by atoms with E-state index in [4.69, 9.17) is 0 Å². The predicted molar refractivity (Wildman–Crippen MR) is 126 cm³/mol. The molecule has 0 radical (unpaired) electrons. The number of fused-ring (bicyclic) bond motifs is 1. The third-order valence-electron chi connectivity index (χ3n) is 5.86. The molecule has 2 aromatic heterocycles. The lowest BCUT2D eigenvalue weighted by Gasteiger charge is -2.13. The third-order valence-corrected chi connectivity index (χ3v) is 5.86. The molecule has 3 aromatic carbocycles. The average Bonchev–Trinajstić information content (AvgIpc) is 3.27. The molecule has 0 amide bonds. The highest BCUT2D eigenvalue weighted by molar-refractivity contribution is 5.84. The Bertz CT molecular complexity index is 1460. The van der Waals surface area contributed by atoms with Crippen molar-refractivity contribution in [3.8, 4) is 17.2 Å². The summed E-state index contributed by atoms with van der Waals surface area (Å²) >= 11 is 0. The molecule has 0 bridgehead atoms. The van der Waals surface area contributed by atoms with Gasteiger partial charge in [0.2, 0.25) is 0 Å². The fourth-order valence-corrected chi connectivity index (χ4v) is 4.11. The molecule has 2 heterocycles. The minimum atomic E-state index is -4.38. The molecule has 0 aliphatic carbocycles. The molecule has 5 aromatic rings. The Hall–Kier alpha value is -4.00. The number of hydrogen-bond donors (Lipinski definition) is 0. The maximum absolute atomic E-state index is 13.4. The molecular formula is C27H21F3N4. The van der Waals surface area contributed by atoms with Crippen LogP contribution in [0.3, 0.4) is 0 Å². The molecule has 0 atom stereocenters. The SMILES string of the molecule is Cc1ccc(CCc2nnc(-c3ccccn3)n2-c2ccc3ccccc3c2)cc1C(F)(F)F. The smallest absolute Gasteiger partial charge is 0.278 e. The van der Waals surface area contributed by atoms with Crippen molar-refractivity contribution in [3.05, 3.63) is 108 Å². The van der Waals surface area contributed by atoms with E-state index in [2.05, 4.69) is 21.2 Å². The van der Waals surface area contributed by atoms with Gasteiger partial charge in [-0.15, -0.1) is 10.2 Å². The summed E-state index contributed by atoms with van der Waals surface area (Å²) in [7, 11) is 0. The molecule has 0 saturated carbocycles. The number of pyridine rings is 1. The number of hydrogen-bond acceptors (Lipinski definition) is 3. The number of halogens is 3. The zero-order chi connectivity index (χ0) is 23.7. The quantitative estimate of drug-likeness (QED) is 0.298. The number of benzene rings is 3. The number of aromatic nitrogens is 4. The first kappa shape index (κ1) is 21.8. The number of rotatable bonds is 5. The van der Waals surface area contributed by atoms with E-state index in [0.29, 0.717) is 35.7 Å². The zero-order valence-electron chi connectivity index (χ0n) is 18.4. The lowest BCUT2D eigenvalue weighted by molar-refractivity contribution is -0.138. The molecule has 4 nitrogen and oxygen atoms in total. The first-order valence-corrected chi connectivity index (χ1v) is 10.9. The van der Waals surface area contributed by atoms with Crippen molar-refractivity contribution in [2.75, 3.05) is 0 Å². The predicted octanol–water partition coefficient (Wildman–Crippen LogP) is 6.59. The Labute approximate surface area is 194 Å². The number of alkyl halides is 3. The maximum atomic E-state index is 13.4. The zero-order valence-corrected chi connectivity index (χ0v) is 18.4. The monoisotopic (exact) mass is 458 g/mol. The van der Waals surface area contributed by atoms with Crippen molar-refractivity contribution in [2.24, 2.45) is 0 Å². The van der Waals surface area contributed by atoms with Crippen molar-refractivity contribution in [1.82, 2.24) is 19.7 Å². The summed E-state index contributed by atoms with van der Waals surface area (Å²) in [5.74, 6) is 1.25. The van der Waals surface area contributed by atoms with Gasteiger partial charge in [-0.25, -0.2) is 0 Å². The molecule has 0 unspecified atom stereocenters. The molecule has 170 valence electrons. The van der Waals surface area contributed by atoms with Gasteiger partial charge in [0.1, 0.15) is 11.5 Å². The van der Waals surface area contributed by atoms with Gasteiger partial charge in [0.05, 0.1) is 5.56 Å². The highest BCUT2D eigenvalue weighted by Gasteiger charge is 2.32. The van der Waals surface area contributed by atoms with Crippen molar-refractivity contribution in [2.45, 2.75) is 25.9 Å². The Morgan fingerprint density at radius 3 is 2.35 bits per heavy atom. The van der Waals surface area contributed by atoms with Gasteiger partial charge in [-0.05, 0) is 65.6 Å². The van der Waals surface area contributed by atoms with Crippen LogP contribution in [0.4, 0.5) is 13.2 Å². The van der Waals surface area contributed by atoms with Crippen molar-refractivity contribution >= 4 is 10.8 Å². The van der Waals surface area contributed by atoms with E-state index in [1.54, 1.807) is 12.3 Å². The third kappa shape index (κ3) is 4.29. The lowest BCUT2D eigenvalue weighted by atomic mass is 10.0. The van der Waals surface area contributed by atoms with Gasteiger partial charge in [0.15, 0.2) is 5.82 Å². The van der Waals surface area contributed by atoms with Gasteiger partial charge in [0, 0.05) is 18.3 Å². The Kier molecular flexibility index (Phi) is 5.61. The topological polar surface area (TPSA) is 43.6 Å². The standard InChI is InChI=1S/C27H21F3N4/c1-18-9-10-19(16-23(18)27(28,29)30)11-14-25-32-33-26(24-8-4-5-15-31-24)34(25)22-13-12-20-6-2-3-7-21(20)17-22/h2-10,12-13,15-17H,11,14H2,1H3.